The smallest absolute Gasteiger partial charge is 0.248 e. The zero-order valence-electron chi connectivity index (χ0n) is 14.9. The molecule has 0 radical (unpaired) electrons. The van der Waals surface area contributed by atoms with Gasteiger partial charge in [-0.25, -0.2) is 4.98 Å². The van der Waals surface area contributed by atoms with Gasteiger partial charge in [0.05, 0.1) is 24.6 Å². The number of nitrogens with one attached hydrogen (secondary N) is 1. The van der Waals surface area contributed by atoms with Crippen LogP contribution >= 0.6 is 0 Å². The standard InChI is InChI=1S/C19H18N6O2/c1-12-5-3-4-6-15(12)25-18(20)23-19(24-25)22-13-7-8-14(16(9-13)26-2)17-10-21-11-27-17/h3-11H,1-2H3,(H3,20,22,23,24). The first kappa shape index (κ1) is 16.6. The molecule has 2 aromatic carbocycles. The van der Waals surface area contributed by atoms with E-state index in [4.69, 9.17) is 14.9 Å². The highest BCUT2D eigenvalue weighted by Gasteiger charge is 2.13. The second-order valence-corrected chi connectivity index (χ2v) is 5.90. The van der Waals surface area contributed by atoms with Crippen molar-refractivity contribution in [2.24, 2.45) is 0 Å². The number of methoxy groups -OCH3 is 1. The van der Waals surface area contributed by atoms with Gasteiger partial charge in [-0.05, 0) is 30.7 Å². The van der Waals surface area contributed by atoms with Crippen LogP contribution in [0.2, 0.25) is 0 Å². The number of para-hydroxylation sites is 1. The highest BCUT2D eigenvalue weighted by molar-refractivity contribution is 5.71. The molecule has 0 aliphatic carbocycles. The molecule has 0 aliphatic heterocycles. The lowest BCUT2D eigenvalue weighted by atomic mass is 10.1. The summed E-state index contributed by atoms with van der Waals surface area (Å²) in [5, 5.41) is 7.62. The summed E-state index contributed by atoms with van der Waals surface area (Å²) in [6.07, 6.45) is 3.02. The van der Waals surface area contributed by atoms with Crippen molar-refractivity contribution in [3.05, 3.63) is 60.6 Å². The molecule has 0 bridgehead atoms. The molecule has 0 amide bonds. The highest BCUT2D eigenvalue weighted by Crippen LogP contribution is 2.33. The number of hydrogen-bond donors (Lipinski definition) is 2. The molecule has 27 heavy (non-hydrogen) atoms. The molecule has 4 rings (SSSR count). The summed E-state index contributed by atoms with van der Waals surface area (Å²) in [5.74, 6) is 1.97. The van der Waals surface area contributed by atoms with Crippen LogP contribution in [0.15, 0.2) is 59.5 Å². The van der Waals surface area contributed by atoms with E-state index < -0.39 is 0 Å². The van der Waals surface area contributed by atoms with Crippen molar-refractivity contribution in [3.8, 4) is 22.8 Å². The summed E-state index contributed by atoms with van der Waals surface area (Å²) in [7, 11) is 1.60. The van der Waals surface area contributed by atoms with Gasteiger partial charge in [0.2, 0.25) is 11.9 Å². The lowest BCUT2D eigenvalue weighted by Gasteiger charge is -2.09. The molecule has 2 aromatic heterocycles. The zero-order valence-corrected chi connectivity index (χ0v) is 14.9. The Morgan fingerprint density at radius 1 is 1.19 bits per heavy atom. The quantitative estimate of drug-likeness (QED) is 0.559. The molecule has 4 aromatic rings. The molecule has 0 fully saturated rings. The van der Waals surface area contributed by atoms with Crippen LogP contribution in [-0.2, 0) is 0 Å². The van der Waals surface area contributed by atoms with Gasteiger partial charge in [0.25, 0.3) is 0 Å². The normalized spacial score (nSPS) is 10.7. The van der Waals surface area contributed by atoms with Crippen molar-refractivity contribution in [1.29, 1.82) is 0 Å². The molecule has 0 saturated heterocycles. The van der Waals surface area contributed by atoms with E-state index >= 15 is 0 Å². The number of benzene rings is 2. The average Bonchev–Trinajstić information content (AvgIpc) is 3.32. The molecule has 2 heterocycles. The van der Waals surface area contributed by atoms with Crippen molar-refractivity contribution >= 4 is 17.6 Å². The maximum atomic E-state index is 6.05. The van der Waals surface area contributed by atoms with Gasteiger partial charge < -0.3 is 20.2 Å². The Labute approximate surface area is 155 Å². The van der Waals surface area contributed by atoms with Crippen LogP contribution in [0.5, 0.6) is 5.75 Å². The molecule has 0 aliphatic rings. The first-order chi connectivity index (χ1) is 13.2. The van der Waals surface area contributed by atoms with E-state index in [1.54, 1.807) is 18.0 Å². The second-order valence-electron chi connectivity index (χ2n) is 5.90. The molecule has 0 saturated carbocycles. The largest absolute Gasteiger partial charge is 0.496 e. The van der Waals surface area contributed by atoms with E-state index in [1.165, 1.54) is 6.39 Å². The minimum atomic E-state index is 0.303. The fourth-order valence-electron chi connectivity index (χ4n) is 2.81. The van der Waals surface area contributed by atoms with Crippen LogP contribution in [-0.4, -0.2) is 26.9 Å². The Morgan fingerprint density at radius 2 is 2.04 bits per heavy atom. The van der Waals surface area contributed by atoms with Crippen LogP contribution in [0.4, 0.5) is 17.6 Å². The van der Waals surface area contributed by atoms with Crippen molar-refractivity contribution < 1.29 is 9.15 Å². The molecular weight excluding hydrogens is 344 g/mol. The molecule has 0 atom stereocenters. The molecule has 0 spiro atoms. The van der Waals surface area contributed by atoms with E-state index in [9.17, 15) is 0 Å². The molecule has 0 unspecified atom stereocenters. The monoisotopic (exact) mass is 362 g/mol. The summed E-state index contributed by atoms with van der Waals surface area (Å²) in [6, 6.07) is 13.4. The maximum Gasteiger partial charge on any atom is 0.248 e. The zero-order chi connectivity index (χ0) is 18.8. The predicted octanol–water partition coefficient (Wildman–Crippen LogP) is 3.57. The van der Waals surface area contributed by atoms with Crippen LogP contribution in [0.1, 0.15) is 5.56 Å². The Bertz CT molecular complexity index is 1070. The van der Waals surface area contributed by atoms with Gasteiger partial charge in [0, 0.05) is 11.8 Å². The minimum Gasteiger partial charge on any atom is -0.496 e. The first-order valence-electron chi connectivity index (χ1n) is 8.28. The van der Waals surface area contributed by atoms with Gasteiger partial charge in [-0.3, -0.25) is 0 Å². The molecule has 8 nitrogen and oxygen atoms in total. The Morgan fingerprint density at radius 3 is 2.78 bits per heavy atom. The molecule has 8 heteroatoms. The molecule has 3 N–H and O–H groups in total. The summed E-state index contributed by atoms with van der Waals surface area (Å²) in [6.45, 7) is 2.00. The number of aromatic nitrogens is 4. The highest BCUT2D eigenvalue weighted by atomic mass is 16.5. The van der Waals surface area contributed by atoms with Crippen LogP contribution < -0.4 is 15.8 Å². The van der Waals surface area contributed by atoms with Crippen molar-refractivity contribution in [2.45, 2.75) is 6.92 Å². The average molecular weight is 362 g/mol. The third-order valence-electron chi connectivity index (χ3n) is 4.13. The van der Waals surface area contributed by atoms with Gasteiger partial charge >= 0.3 is 0 Å². The van der Waals surface area contributed by atoms with E-state index in [1.807, 2.05) is 49.4 Å². The number of rotatable bonds is 5. The second kappa shape index (κ2) is 6.83. The topological polar surface area (TPSA) is 104 Å². The summed E-state index contributed by atoms with van der Waals surface area (Å²) < 4.78 is 12.4. The summed E-state index contributed by atoms with van der Waals surface area (Å²) in [4.78, 5) is 8.24. The Hall–Kier alpha value is -3.81. The minimum absolute atomic E-state index is 0.303. The van der Waals surface area contributed by atoms with E-state index in [0.29, 0.717) is 23.4 Å². The van der Waals surface area contributed by atoms with Crippen molar-refractivity contribution in [3.63, 3.8) is 0 Å². The van der Waals surface area contributed by atoms with Gasteiger partial charge in [-0.1, -0.05) is 18.2 Å². The van der Waals surface area contributed by atoms with E-state index in [2.05, 4.69) is 20.4 Å². The van der Waals surface area contributed by atoms with Crippen LogP contribution in [0.25, 0.3) is 17.0 Å². The molecule has 136 valence electrons. The van der Waals surface area contributed by atoms with Crippen molar-refractivity contribution in [1.82, 2.24) is 19.7 Å². The van der Waals surface area contributed by atoms with Gasteiger partial charge in [0.15, 0.2) is 12.2 Å². The SMILES string of the molecule is COc1cc(Nc2nc(N)n(-c3ccccc3C)n2)ccc1-c1cnco1. The van der Waals surface area contributed by atoms with Crippen LogP contribution in [0, 0.1) is 6.92 Å². The number of aryl methyl sites for hydroxylation is 1. The van der Waals surface area contributed by atoms with Gasteiger partial charge in [0.1, 0.15) is 5.75 Å². The van der Waals surface area contributed by atoms with Crippen molar-refractivity contribution in [2.75, 3.05) is 18.2 Å². The summed E-state index contributed by atoms with van der Waals surface area (Å²) >= 11 is 0. The van der Waals surface area contributed by atoms with E-state index in [-0.39, 0.29) is 0 Å². The first-order valence-corrected chi connectivity index (χ1v) is 8.28. The number of oxazole rings is 1. The number of ether oxygens (including phenoxy) is 1. The number of nitrogen functional groups attached to an aromatic ring is 1. The number of hydrogen-bond acceptors (Lipinski definition) is 7. The third kappa shape index (κ3) is 3.20. The maximum absolute atomic E-state index is 6.05. The fraction of sp³-hybridized carbons (Fsp3) is 0.105. The lowest BCUT2D eigenvalue weighted by molar-refractivity contribution is 0.415. The number of anilines is 3. The Balaban J connectivity index is 1.63. The molecular formula is C19H18N6O2. The third-order valence-corrected chi connectivity index (χ3v) is 4.13. The fourth-order valence-corrected chi connectivity index (χ4v) is 2.81. The lowest BCUT2D eigenvalue weighted by Crippen LogP contribution is -2.04. The Kier molecular flexibility index (Phi) is 4.21. The number of nitrogens with two attached hydrogens (primary N) is 1. The predicted molar refractivity (Wildman–Crippen MR) is 102 cm³/mol. The summed E-state index contributed by atoms with van der Waals surface area (Å²) in [5.41, 5.74) is 9.55. The van der Waals surface area contributed by atoms with E-state index in [0.717, 1.165) is 22.5 Å². The van der Waals surface area contributed by atoms with Gasteiger partial charge in [-0.2, -0.15) is 9.67 Å². The van der Waals surface area contributed by atoms with Gasteiger partial charge in [-0.15, -0.1) is 5.10 Å². The van der Waals surface area contributed by atoms with Crippen LogP contribution in [0.3, 0.4) is 0 Å². The number of nitrogens with zero attached hydrogens (tertiary/aromatic N) is 4.